The highest BCUT2D eigenvalue weighted by Crippen LogP contribution is 2.55. The van der Waals surface area contributed by atoms with Gasteiger partial charge >= 0.3 is 5.97 Å². The highest BCUT2D eigenvalue weighted by Gasteiger charge is 2.55. The van der Waals surface area contributed by atoms with Gasteiger partial charge in [-0.05, 0) is 25.0 Å². The van der Waals surface area contributed by atoms with Crippen LogP contribution in [0.25, 0.3) is 0 Å². The summed E-state index contributed by atoms with van der Waals surface area (Å²) in [5, 5.41) is 9.64. The Balaban J connectivity index is 2.62. The van der Waals surface area contributed by atoms with Crippen LogP contribution < -0.4 is 9.47 Å². The molecule has 0 spiro atoms. The van der Waals surface area contributed by atoms with Gasteiger partial charge < -0.3 is 14.6 Å². The molecule has 0 aliphatic heterocycles. The zero-order valence-electron chi connectivity index (χ0n) is 9.62. The van der Waals surface area contributed by atoms with Gasteiger partial charge in [-0.3, -0.25) is 4.79 Å². The fourth-order valence-corrected chi connectivity index (χ4v) is 2.42. The van der Waals surface area contributed by atoms with Gasteiger partial charge in [-0.25, -0.2) is 0 Å². The molecule has 1 aliphatic carbocycles. The summed E-state index contributed by atoms with van der Waals surface area (Å²) < 4.78 is 10.3. The average Bonchev–Trinajstić information content (AvgIpc) is 3.09. The second-order valence-electron chi connectivity index (χ2n) is 4.05. The maximum atomic E-state index is 11.3. The topological polar surface area (TPSA) is 55.8 Å². The quantitative estimate of drug-likeness (QED) is 0.899. The molecule has 0 atom stereocenters. The van der Waals surface area contributed by atoms with Crippen LogP contribution in [0.15, 0.2) is 12.1 Å². The molecular formula is C12H13ClO4. The smallest absolute Gasteiger partial charge is 0.314 e. The van der Waals surface area contributed by atoms with Crippen LogP contribution in [0.5, 0.6) is 11.5 Å². The van der Waals surface area contributed by atoms with Crippen LogP contribution >= 0.6 is 11.6 Å². The monoisotopic (exact) mass is 256 g/mol. The molecule has 0 amide bonds. The number of aliphatic carboxylic acids is 1. The van der Waals surface area contributed by atoms with Crippen molar-refractivity contribution in [3.63, 3.8) is 0 Å². The normalized spacial score (nSPS) is 16.4. The van der Waals surface area contributed by atoms with E-state index in [2.05, 4.69) is 0 Å². The summed E-state index contributed by atoms with van der Waals surface area (Å²) in [5.74, 6) is 0.0941. The van der Waals surface area contributed by atoms with Gasteiger partial charge in [-0.15, -0.1) is 0 Å². The summed E-state index contributed by atoms with van der Waals surface area (Å²) in [5.41, 5.74) is -0.384. The Hall–Kier alpha value is -1.42. The van der Waals surface area contributed by atoms with Gasteiger partial charge in [0.2, 0.25) is 0 Å². The minimum Gasteiger partial charge on any atom is -0.496 e. The van der Waals surface area contributed by atoms with E-state index < -0.39 is 11.4 Å². The Kier molecular flexibility index (Phi) is 2.91. The maximum Gasteiger partial charge on any atom is 0.314 e. The van der Waals surface area contributed by atoms with Crippen molar-refractivity contribution in [2.75, 3.05) is 14.2 Å². The third kappa shape index (κ3) is 1.72. The molecular weight excluding hydrogens is 244 g/mol. The van der Waals surface area contributed by atoms with Crippen LogP contribution in [0.1, 0.15) is 18.4 Å². The number of carboxylic acids is 1. The zero-order valence-corrected chi connectivity index (χ0v) is 10.4. The van der Waals surface area contributed by atoms with Crippen LogP contribution in [0.2, 0.25) is 5.02 Å². The number of hydrogen-bond acceptors (Lipinski definition) is 3. The maximum absolute atomic E-state index is 11.3. The molecule has 0 heterocycles. The van der Waals surface area contributed by atoms with Crippen molar-refractivity contribution in [3.05, 3.63) is 22.7 Å². The number of hydrogen-bond donors (Lipinski definition) is 1. The second-order valence-corrected chi connectivity index (χ2v) is 4.42. The van der Waals surface area contributed by atoms with E-state index in [0.717, 1.165) is 0 Å². The van der Waals surface area contributed by atoms with Crippen molar-refractivity contribution in [1.29, 1.82) is 0 Å². The molecule has 92 valence electrons. The lowest BCUT2D eigenvalue weighted by molar-refractivity contribution is -0.140. The third-order valence-electron chi connectivity index (χ3n) is 3.15. The lowest BCUT2D eigenvalue weighted by Crippen LogP contribution is -2.21. The Morgan fingerprint density at radius 3 is 2.24 bits per heavy atom. The Morgan fingerprint density at radius 2 is 1.82 bits per heavy atom. The molecule has 17 heavy (non-hydrogen) atoms. The predicted molar refractivity (Wildman–Crippen MR) is 63.1 cm³/mol. The fourth-order valence-electron chi connectivity index (χ4n) is 2.01. The van der Waals surface area contributed by atoms with Crippen LogP contribution in [0.4, 0.5) is 0 Å². The largest absolute Gasteiger partial charge is 0.496 e. The molecule has 0 radical (unpaired) electrons. The first-order valence-corrected chi connectivity index (χ1v) is 5.59. The van der Waals surface area contributed by atoms with E-state index in [4.69, 9.17) is 21.1 Å². The summed E-state index contributed by atoms with van der Waals surface area (Å²) in [7, 11) is 3.00. The first-order chi connectivity index (χ1) is 8.06. The Morgan fingerprint density at radius 1 is 1.29 bits per heavy atom. The van der Waals surface area contributed by atoms with E-state index >= 15 is 0 Å². The number of halogens is 1. The minimum atomic E-state index is -0.906. The molecule has 1 aromatic carbocycles. The number of methoxy groups -OCH3 is 2. The standard InChI is InChI=1S/C12H13ClO4/c1-16-7-3-4-8(17-2)10(13)9(7)12(5-6-12)11(14)15/h3-4H,5-6H2,1-2H3,(H,14,15). The van der Waals surface area contributed by atoms with E-state index in [-0.39, 0.29) is 0 Å². The van der Waals surface area contributed by atoms with Gasteiger partial charge in [0.05, 0.1) is 24.7 Å². The molecule has 0 unspecified atom stereocenters. The lowest BCUT2D eigenvalue weighted by Gasteiger charge is -2.18. The first kappa shape index (κ1) is 12.0. The number of carboxylic acid groups (broad SMARTS) is 1. The summed E-state index contributed by atoms with van der Waals surface area (Å²) in [6.07, 6.45) is 1.15. The fraction of sp³-hybridized carbons (Fsp3) is 0.417. The number of rotatable bonds is 4. The molecule has 1 fully saturated rings. The zero-order chi connectivity index (χ0) is 12.6. The highest BCUT2D eigenvalue weighted by molar-refractivity contribution is 6.33. The molecule has 2 rings (SSSR count). The van der Waals surface area contributed by atoms with Crippen molar-refractivity contribution < 1.29 is 19.4 Å². The molecule has 1 saturated carbocycles. The summed E-state index contributed by atoms with van der Waals surface area (Å²) in [6, 6.07) is 3.35. The number of benzene rings is 1. The average molecular weight is 257 g/mol. The van der Waals surface area contributed by atoms with Gasteiger partial charge in [0, 0.05) is 5.56 Å². The van der Waals surface area contributed by atoms with Crippen molar-refractivity contribution in [3.8, 4) is 11.5 Å². The van der Waals surface area contributed by atoms with Crippen LogP contribution in [0, 0.1) is 0 Å². The first-order valence-electron chi connectivity index (χ1n) is 5.21. The number of carbonyl (C=O) groups is 1. The molecule has 1 aliphatic rings. The summed E-state index contributed by atoms with van der Waals surface area (Å²) in [4.78, 5) is 11.3. The van der Waals surface area contributed by atoms with E-state index in [1.807, 2.05) is 0 Å². The molecule has 0 saturated heterocycles. The molecule has 4 nitrogen and oxygen atoms in total. The van der Waals surface area contributed by atoms with E-state index in [9.17, 15) is 9.90 Å². The van der Waals surface area contributed by atoms with Crippen molar-refractivity contribution in [1.82, 2.24) is 0 Å². The summed E-state index contributed by atoms with van der Waals surface area (Å²) in [6.45, 7) is 0. The van der Waals surface area contributed by atoms with Crippen LogP contribution in [0.3, 0.4) is 0 Å². The number of ether oxygens (including phenoxy) is 2. The second kappa shape index (κ2) is 4.11. The van der Waals surface area contributed by atoms with Crippen LogP contribution in [-0.4, -0.2) is 25.3 Å². The third-order valence-corrected chi connectivity index (χ3v) is 3.52. The Bertz CT molecular complexity index is 466. The SMILES string of the molecule is COc1ccc(OC)c(C2(C(=O)O)CC2)c1Cl. The highest BCUT2D eigenvalue weighted by atomic mass is 35.5. The molecule has 0 aromatic heterocycles. The minimum absolute atomic E-state index is 0.326. The van der Waals surface area contributed by atoms with Crippen LogP contribution in [-0.2, 0) is 10.2 Å². The molecule has 5 heteroatoms. The molecule has 0 bridgehead atoms. The van der Waals surface area contributed by atoms with Crippen molar-refractivity contribution in [2.45, 2.75) is 18.3 Å². The van der Waals surface area contributed by atoms with Gasteiger partial charge in [0.15, 0.2) is 0 Å². The van der Waals surface area contributed by atoms with Gasteiger partial charge in [-0.1, -0.05) is 11.6 Å². The molecule has 1 N–H and O–H groups in total. The van der Waals surface area contributed by atoms with Gasteiger partial charge in [-0.2, -0.15) is 0 Å². The summed E-state index contributed by atoms with van der Waals surface area (Å²) >= 11 is 6.19. The molecule has 1 aromatic rings. The van der Waals surface area contributed by atoms with E-state index in [1.165, 1.54) is 14.2 Å². The van der Waals surface area contributed by atoms with E-state index in [0.29, 0.717) is 34.9 Å². The lowest BCUT2D eigenvalue weighted by atomic mass is 9.94. The van der Waals surface area contributed by atoms with Gasteiger partial charge in [0.1, 0.15) is 11.5 Å². The Labute approximate surface area is 104 Å². The predicted octanol–water partition coefficient (Wildman–Crippen LogP) is 2.47. The van der Waals surface area contributed by atoms with E-state index in [1.54, 1.807) is 12.1 Å². The van der Waals surface area contributed by atoms with Gasteiger partial charge in [0.25, 0.3) is 0 Å². The van der Waals surface area contributed by atoms with Crippen molar-refractivity contribution >= 4 is 17.6 Å². The van der Waals surface area contributed by atoms with Crippen molar-refractivity contribution in [2.24, 2.45) is 0 Å².